The third-order valence-corrected chi connectivity index (χ3v) is 4.65. The monoisotopic (exact) mass is 409 g/mol. The first kappa shape index (κ1) is 21.2. The van der Waals surface area contributed by atoms with E-state index in [1.807, 2.05) is 37.3 Å². The third kappa shape index (κ3) is 6.77. The van der Waals surface area contributed by atoms with Gasteiger partial charge in [-0.25, -0.2) is 9.98 Å². The van der Waals surface area contributed by atoms with Crippen molar-refractivity contribution in [2.24, 2.45) is 10.9 Å². The molecule has 1 aliphatic heterocycles. The molecular formula is C20H26F3N5O. The summed E-state index contributed by atoms with van der Waals surface area (Å²) < 4.78 is 43.1. The highest BCUT2D eigenvalue weighted by Gasteiger charge is 2.34. The molecule has 0 radical (unpaired) electrons. The Morgan fingerprint density at radius 2 is 2.07 bits per heavy atom. The zero-order valence-corrected chi connectivity index (χ0v) is 16.4. The predicted molar refractivity (Wildman–Crippen MR) is 105 cm³/mol. The summed E-state index contributed by atoms with van der Waals surface area (Å²) in [5, 5.41) is 6.38. The van der Waals surface area contributed by atoms with Crippen molar-refractivity contribution in [1.82, 2.24) is 20.5 Å². The van der Waals surface area contributed by atoms with E-state index in [1.165, 1.54) is 4.90 Å². The topological polar surface area (TPSA) is 65.7 Å². The molecule has 29 heavy (non-hydrogen) atoms. The number of guanidine groups is 1. The molecule has 158 valence electrons. The number of likely N-dealkylation sites (tertiary alicyclic amines) is 1. The zero-order valence-electron chi connectivity index (χ0n) is 16.4. The van der Waals surface area contributed by atoms with Crippen LogP contribution in [0, 0.1) is 5.92 Å². The molecule has 0 bridgehead atoms. The van der Waals surface area contributed by atoms with Gasteiger partial charge in [0.05, 0.1) is 13.1 Å². The summed E-state index contributed by atoms with van der Waals surface area (Å²) in [4.78, 5) is 10.4. The summed E-state index contributed by atoms with van der Waals surface area (Å²) in [6.07, 6.45) is -1.82. The maximum absolute atomic E-state index is 12.5. The van der Waals surface area contributed by atoms with Crippen LogP contribution in [-0.4, -0.2) is 54.7 Å². The molecular weight excluding hydrogens is 383 g/mol. The van der Waals surface area contributed by atoms with Crippen molar-refractivity contribution < 1.29 is 17.6 Å². The van der Waals surface area contributed by atoms with E-state index in [9.17, 15) is 13.2 Å². The van der Waals surface area contributed by atoms with Crippen LogP contribution >= 0.6 is 0 Å². The number of oxazole rings is 1. The van der Waals surface area contributed by atoms with Crippen molar-refractivity contribution in [3.05, 3.63) is 42.3 Å². The number of benzene rings is 1. The van der Waals surface area contributed by atoms with Crippen molar-refractivity contribution >= 4 is 5.96 Å². The number of alkyl halides is 3. The number of rotatable bonds is 7. The standard InChI is InChI=1S/C20H26F3N5O/c1-2-24-19(25-10-15-8-9-28(12-15)14-20(21,22)23)26-11-17-13-29-18(27-17)16-6-4-3-5-7-16/h3-7,13,15H,2,8-12,14H2,1H3,(H2,24,25,26). The van der Waals surface area contributed by atoms with E-state index < -0.39 is 12.7 Å². The maximum Gasteiger partial charge on any atom is 0.401 e. The van der Waals surface area contributed by atoms with Crippen LogP contribution in [-0.2, 0) is 6.54 Å². The fraction of sp³-hybridized carbons (Fsp3) is 0.500. The number of aliphatic imine (C=N–C) groups is 1. The first-order valence-corrected chi connectivity index (χ1v) is 9.74. The minimum Gasteiger partial charge on any atom is -0.444 e. The highest BCUT2D eigenvalue weighted by molar-refractivity contribution is 5.79. The number of nitrogens with zero attached hydrogens (tertiary/aromatic N) is 3. The molecule has 6 nitrogen and oxygen atoms in total. The molecule has 2 aromatic rings. The lowest BCUT2D eigenvalue weighted by atomic mass is 10.1. The lowest BCUT2D eigenvalue weighted by Crippen LogP contribution is -2.40. The minimum absolute atomic E-state index is 0.165. The average molecular weight is 409 g/mol. The molecule has 0 aliphatic carbocycles. The van der Waals surface area contributed by atoms with E-state index >= 15 is 0 Å². The van der Waals surface area contributed by atoms with E-state index in [1.54, 1.807) is 6.26 Å². The van der Waals surface area contributed by atoms with Crippen molar-refractivity contribution in [2.45, 2.75) is 26.1 Å². The van der Waals surface area contributed by atoms with Crippen LogP contribution in [0.3, 0.4) is 0 Å². The Kier molecular flexibility index (Phi) is 7.13. The van der Waals surface area contributed by atoms with Crippen molar-refractivity contribution in [3.8, 4) is 11.5 Å². The highest BCUT2D eigenvalue weighted by Crippen LogP contribution is 2.22. The molecule has 3 rings (SSSR count). The molecule has 9 heteroatoms. The zero-order chi connectivity index (χ0) is 20.7. The molecule has 0 saturated carbocycles. The van der Waals surface area contributed by atoms with E-state index in [0.717, 1.165) is 12.0 Å². The van der Waals surface area contributed by atoms with E-state index in [2.05, 4.69) is 20.6 Å². The Hall–Kier alpha value is -2.55. The number of nitrogens with one attached hydrogen (secondary N) is 2. The Labute approximate surface area is 168 Å². The summed E-state index contributed by atoms with van der Waals surface area (Å²) in [6, 6.07) is 9.62. The number of hydrogen-bond donors (Lipinski definition) is 2. The SMILES string of the molecule is CCNC(=NCc1coc(-c2ccccc2)n1)NCC1CCN(CC(F)(F)F)C1. The van der Waals surface area contributed by atoms with Crippen LogP contribution in [0.4, 0.5) is 13.2 Å². The van der Waals surface area contributed by atoms with Gasteiger partial charge in [0.15, 0.2) is 5.96 Å². The number of hydrogen-bond acceptors (Lipinski definition) is 4. The number of halogens is 3. The Morgan fingerprint density at radius 3 is 2.79 bits per heavy atom. The third-order valence-electron chi connectivity index (χ3n) is 4.65. The molecule has 0 spiro atoms. The Bertz CT molecular complexity index is 791. The molecule has 2 N–H and O–H groups in total. The van der Waals surface area contributed by atoms with E-state index in [0.29, 0.717) is 50.3 Å². The fourth-order valence-electron chi connectivity index (χ4n) is 3.31. The second kappa shape index (κ2) is 9.78. The summed E-state index contributed by atoms with van der Waals surface area (Å²) in [5.41, 5.74) is 1.61. The normalized spacial score (nSPS) is 18.2. The lowest BCUT2D eigenvalue weighted by molar-refractivity contribution is -0.143. The van der Waals surface area contributed by atoms with Crippen LogP contribution in [0.2, 0.25) is 0 Å². The molecule has 1 atom stereocenters. The van der Waals surface area contributed by atoms with Gasteiger partial charge in [-0.2, -0.15) is 13.2 Å². The molecule has 1 saturated heterocycles. The smallest absolute Gasteiger partial charge is 0.401 e. The summed E-state index contributed by atoms with van der Waals surface area (Å²) in [6.45, 7) is 3.64. The van der Waals surface area contributed by atoms with Crippen LogP contribution in [0.25, 0.3) is 11.5 Å². The second-order valence-corrected chi connectivity index (χ2v) is 7.09. The largest absolute Gasteiger partial charge is 0.444 e. The van der Waals surface area contributed by atoms with Crippen molar-refractivity contribution in [2.75, 3.05) is 32.7 Å². The van der Waals surface area contributed by atoms with Gasteiger partial charge in [0.1, 0.15) is 12.0 Å². The fourth-order valence-corrected chi connectivity index (χ4v) is 3.31. The van der Waals surface area contributed by atoms with Gasteiger partial charge in [-0.05, 0) is 37.9 Å². The lowest BCUT2D eigenvalue weighted by Gasteiger charge is -2.18. The molecule has 1 aliphatic rings. The van der Waals surface area contributed by atoms with Gasteiger partial charge in [0.2, 0.25) is 5.89 Å². The predicted octanol–water partition coefficient (Wildman–Crippen LogP) is 3.28. The first-order valence-electron chi connectivity index (χ1n) is 9.74. The van der Waals surface area contributed by atoms with Crippen LogP contribution in [0.1, 0.15) is 19.0 Å². The summed E-state index contributed by atoms with van der Waals surface area (Å²) in [7, 11) is 0. The van der Waals surface area contributed by atoms with Gasteiger partial charge in [0, 0.05) is 25.2 Å². The quantitative estimate of drug-likeness (QED) is 0.543. The Morgan fingerprint density at radius 1 is 1.28 bits per heavy atom. The first-order chi connectivity index (χ1) is 13.9. The van der Waals surface area contributed by atoms with Crippen molar-refractivity contribution in [3.63, 3.8) is 0 Å². The molecule has 0 amide bonds. The molecule has 1 aromatic carbocycles. The summed E-state index contributed by atoms with van der Waals surface area (Å²) >= 11 is 0. The number of aromatic nitrogens is 1. The maximum atomic E-state index is 12.5. The molecule has 1 aromatic heterocycles. The molecule has 2 heterocycles. The van der Waals surface area contributed by atoms with Gasteiger partial charge in [0.25, 0.3) is 0 Å². The highest BCUT2D eigenvalue weighted by atomic mass is 19.4. The van der Waals surface area contributed by atoms with E-state index in [-0.39, 0.29) is 5.92 Å². The van der Waals surface area contributed by atoms with Crippen LogP contribution in [0.5, 0.6) is 0 Å². The van der Waals surface area contributed by atoms with Gasteiger partial charge >= 0.3 is 6.18 Å². The van der Waals surface area contributed by atoms with Crippen LogP contribution in [0.15, 0.2) is 46.0 Å². The molecule has 1 unspecified atom stereocenters. The van der Waals surface area contributed by atoms with Gasteiger partial charge in [-0.3, -0.25) is 4.90 Å². The Balaban J connectivity index is 1.51. The second-order valence-electron chi connectivity index (χ2n) is 7.09. The van der Waals surface area contributed by atoms with Gasteiger partial charge < -0.3 is 15.1 Å². The van der Waals surface area contributed by atoms with Gasteiger partial charge in [-0.1, -0.05) is 18.2 Å². The molecule has 1 fully saturated rings. The van der Waals surface area contributed by atoms with Gasteiger partial charge in [-0.15, -0.1) is 0 Å². The minimum atomic E-state index is -4.14. The van der Waals surface area contributed by atoms with E-state index in [4.69, 9.17) is 4.42 Å². The summed E-state index contributed by atoms with van der Waals surface area (Å²) in [5.74, 6) is 1.33. The van der Waals surface area contributed by atoms with Crippen LogP contribution < -0.4 is 10.6 Å². The average Bonchev–Trinajstić information content (AvgIpc) is 3.33. The van der Waals surface area contributed by atoms with Crippen molar-refractivity contribution in [1.29, 1.82) is 0 Å².